The third kappa shape index (κ3) is 5.14. The maximum absolute atomic E-state index is 14.1. The van der Waals surface area contributed by atoms with Crippen molar-refractivity contribution in [3.8, 4) is 5.75 Å². The predicted octanol–water partition coefficient (Wildman–Crippen LogP) is 4.67. The van der Waals surface area contributed by atoms with Gasteiger partial charge < -0.3 is 15.0 Å². The minimum atomic E-state index is -0.303. The number of nitrogens with one attached hydrogen (secondary N) is 1. The Morgan fingerprint density at radius 3 is 2.69 bits per heavy atom. The highest BCUT2D eigenvalue weighted by atomic mass is 35.5. The maximum atomic E-state index is 14.1. The molecule has 0 radical (unpaired) electrons. The molecule has 1 amide bonds. The van der Waals surface area contributed by atoms with Crippen molar-refractivity contribution >= 4 is 23.2 Å². The summed E-state index contributed by atoms with van der Waals surface area (Å²) < 4.78 is 19.6. The van der Waals surface area contributed by atoms with Gasteiger partial charge in [0.25, 0.3) is 0 Å². The molecule has 2 atom stereocenters. The molecule has 3 aromatic carbocycles. The molecule has 182 valence electrons. The number of piperazine rings is 1. The summed E-state index contributed by atoms with van der Waals surface area (Å²) >= 11 is 6.06. The van der Waals surface area contributed by atoms with Gasteiger partial charge in [0.1, 0.15) is 11.6 Å². The van der Waals surface area contributed by atoms with Crippen molar-refractivity contribution < 1.29 is 13.9 Å². The zero-order valence-corrected chi connectivity index (χ0v) is 20.5. The van der Waals surface area contributed by atoms with Gasteiger partial charge >= 0.3 is 0 Å². The highest BCUT2D eigenvalue weighted by Gasteiger charge is 2.41. The molecule has 0 unspecified atom stereocenters. The fraction of sp³-hybridized carbons (Fsp3) is 0.321. The first-order chi connectivity index (χ1) is 17.0. The molecule has 35 heavy (non-hydrogen) atoms. The van der Waals surface area contributed by atoms with E-state index < -0.39 is 0 Å². The number of carbonyl (C=O) groups is 1. The van der Waals surface area contributed by atoms with Gasteiger partial charge in [-0.3, -0.25) is 9.69 Å². The van der Waals surface area contributed by atoms with Crippen molar-refractivity contribution in [3.05, 3.63) is 94.3 Å². The number of methoxy groups -OCH3 is 1. The van der Waals surface area contributed by atoms with E-state index in [9.17, 15) is 9.18 Å². The Morgan fingerprint density at radius 2 is 1.91 bits per heavy atom. The summed E-state index contributed by atoms with van der Waals surface area (Å²) in [6.45, 7) is 3.45. The van der Waals surface area contributed by atoms with E-state index in [1.54, 1.807) is 25.3 Å². The molecule has 2 heterocycles. The highest BCUT2D eigenvalue weighted by Crippen LogP contribution is 2.38. The van der Waals surface area contributed by atoms with Crippen molar-refractivity contribution in [2.45, 2.75) is 25.6 Å². The molecule has 0 spiro atoms. The summed E-state index contributed by atoms with van der Waals surface area (Å²) in [7, 11) is 1.67. The second kappa shape index (κ2) is 10.3. The fourth-order valence-corrected chi connectivity index (χ4v) is 5.34. The van der Waals surface area contributed by atoms with Crippen LogP contribution in [0.15, 0.2) is 66.7 Å². The van der Waals surface area contributed by atoms with Crippen LogP contribution in [0.4, 0.5) is 10.1 Å². The Labute approximate surface area is 210 Å². The number of hydrogen-bond acceptors (Lipinski definition) is 4. The van der Waals surface area contributed by atoms with Crippen LogP contribution in [0.2, 0.25) is 5.02 Å². The molecule has 5 nitrogen and oxygen atoms in total. The number of anilines is 1. The average molecular weight is 494 g/mol. The minimum absolute atomic E-state index is 0.0104. The van der Waals surface area contributed by atoms with E-state index in [0.717, 1.165) is 48.2 Å². The van der Waals surface area contributed by atoms with Crippen LogP contribution < -0.4 is 15.0 Å². The normalized spacial score (nSPS) is 19.6. The van der Waals surface area contributed by atoms with Crippen LogP contribution in [-0.2, 0) is 24.3 Å². The van der Waals surface area contributed by atoms with Crippen molar-refractivity contribution in [2.24, 2.45) is 5.92 Å². The van der Waals surface area contributed by atoms with Gasteiger partial charge in [0.2, 0.25) is 5.91 Å². The van der Waals surface area contributed by atoms with Crippen LogP contribution in [-0.4, -0.2) is 43.6 Å². The number of halogens is 2. The lowest BCUT2D eigenvalue weighted by Crippen LogP contribution is -2.60. The lowest BCUT2D eigenvalue weighted by molar-refractivity contribution is -0.126. The summed E-state index contributed by atoms with van der Waals surface area (Å²) in [6, 6.07) is 20.6. The Kier molecular flexibility index (Phi) is 6.93. The molecule has 3 aromatic rings. The first-order valence-electron chi connectivity index (χ1n) is 11.9. The highest BCUT2D eigenvalue weighted by molar-refractivity contribution is 6.30. The molecule has 1 fully saturated rings. The molecule has 2 aliphatic rings. The second-order valence-corrected chi connectivity index (χ2v) is 9.67. The van der Waals surface area contributed by atoms with Crippen molar-refractivity contribution in [3.63, 3.8) is 0 Å². The summed E-state index contributed by atoms with van der Waals surface area (Å²) in [5.41, 5.74) is 3.96. The van der Waals surface area contributed by atoms with E-state index >= 15 is 0 Å². The maximum Gasteiger partial charge on any atom is 0.225 e. The number of carbonyl (C=O) groups excluding carboxylic acids is 1. The van der Waals surface area contributed by atoms with Gasteiger partial charge in [0.15, 0.2) is 0 Å². The average Bonchev–Trinajstić information content (AvgIpc) is 2.88. The number of ether oxygens (including phenoxy) is 1. The van der Waals surface area contributed by atoms with Gasteiger partial charge in [-0.1, -0.05) is 48.0 Å². The topological polar surface area (TPSA) is 44.8 Å². The van der Waals surface area contributed by atoms with Crippen LogP contribution in [0, 0.1) is 11.7 Å². The molecule has 0 aromatic heterocycles. The van der Waals surface area contributed by atoms with Crippen LogP contribution in [0.25, 0.3) is 0 Å². The quantitative estimate of drug-likeness (QED) is 0.542. The lowest BCUT2D eigenvalue weighted by atomic mass is 9.83. The van der Waals surface area contributed by atoms with E-state index in [1.807, 2.05) is 30.3 Å². The van der Waals surface area contributed by atoms with Gasteiger partial charge in [-0.15, -0.1) is 0 Å². The molecule has 0 bridgehead atoms. The van der Waals surface area contributed by atoms with Crippen LogP contribution in [0.1, 0.15) is 16.7 Å². The number of amides is 1. The molecule has 1 saturated heterocycles. The largest absolute Gasteiger partial charge is 0.497 e. The molecule has 2 aliphatic heterocycles. The number of benzene rings is 3. The Morgan fingerprint density at radius 1 is 1.11 bits per heavy atom. The third-order valence-electron chi connectivity index (χ3n) is 7.08. The molecule has 0 saturated carbocycles. The van der Waals surface area contributed by atoms with Gasteiger partial charge in [-0.05, 0) is 41.8 Å². The summed E-state index contributed by atoms with van der Waals surface area (Å²) in [6.07, 6.45) is 0.637. The van der Waals surface area contributed by atoms with Gasteiger partial charge in [-0.25, -0.2) is 4.39 Å². The second-order valence-electron chi connectivity index (χ2n) is 9.24. The number of fused-ring (bicyclic) bond motifs is 3. The zero-order valence-electron chi connectivity index (χ0n) is 19.7. The van der Waals surface area contributed by atoms with Crippen molar-refractivity contribution in [1.29, 1.82) is 0 Å². The molecule has 0 aliphatic carbocycles. The third-order valence-corrected chi connectivity index (χ3v) is 7.33. The van der Waals surface area contributed by atoms with Crippen molar-refractivity contribution in [1.82, 2.24) is 10.2 Å². The predicted molar refractivity (Wildman–Crippen MR) is 136 cm³/mol. The lowest BCUT2D eigenvalue weighted by Gasteiger charge is -2.49. The summed E-state index contributed by atoms with van der Waals surface area (Å²) in [4.78, 5) is 18.2. The SMILES string of the molecule is COc1ccc2c(c1)N1CCN(Cc3ccc(Cl)cc3)C[C@H]1[C@@H](C(=O)NCc1ccccc1F)C2. The Balaban J connectivity index is 1.38. The van der Waals surface area contributed by atoms with Crippen LogP contribution >= 0.6 is 11.6 Å². The molecule has 5 rings (SSSR count). The molecule has 1 N–H and O–H groups in total. The van der Waals surface area contributed by atoms with E-state index in [0.29, 0.717) is 12.0 Å². The Hall–Kier alpha value is -3.09. The van der Waals surface area contributed by atoms with E-state index in [-0.39, 0.29) is 30.2 Å². The summed E-state index contributed by atoms with van der Waals surface area (Å²) in [5, 5.41) is 3.73. The first kappa shape index (κ1) is 23.6. The van der Waals surface area contributed by atoms with Crippen molar-refractivity contribution in [2.75, 3.05) is 31.6 Å². The van der Waals surface area contributed by atoms with Crippen LogP contribution in [0.3, 0.4) is 0 Å². The molecule has 7 heteroatoms. The molecular weight excluding hydrogens is 465 g/mol. The number of hydrogen-bond donors (Lipinski definition) is 1. The summed E-state index contributed by atoms with van der Waals surface area (Å²) in [5.74, 6) is 0.226. The van der Waals surface area contributed by atoms with Gasteiger partial charge in [0, 0.05) is 55.1 Å². The van der Waals surface area contributed by atoms with E-state index in [1.165, 1.54) is 11.6 Å². The van der Waals surface area contributed by atoms with Gasteiger partial charge in [-0.2, -0.15) is 0 Å². The molecular formula is C28H29ClFN3O2. The first-order valence-corrected chi connectivity index (χ1v) is 12.3. The standard InChI is InChI=1S/C28H29ClFN3O2/c1-35-23-11-8-20-14-24(28(34)31-16-21-4-2-3-5-25(21)30)27-18-32(12-13-33(27)26(20)15-23)17-19-6-9-22(29)10-7-19/h2-11,15,24,27H,12-14,16-18H2,1H3,(H,31,34)/t24-,27-/m0/s1. The van der Waals surface area contributed by atoms with E-state index in [2.05, 4.69) is 27.2 Å². The monoisotopic (exact) mass is 493 g/mol. The van der Waals surface area contributed by atoms with E-state index in [4.69, 9.17) is 16.3 Å². The minimum Gasteiger partial charge on any atom is -0.497 e. The van der Waals surface area contributed by atoms with Crippen LogP contribution in [0.5, 0.6) is 5.75 Å². The van der Waals surface area contributed by atoms with Gasteiger partial charge in [0.05, 0.1) is 19.1 Å². The smallest absolute Gasteiger partial charge is 0.225 e. The zero-order chi connectivity index (χ0) is 24.4. The fourth-order valence-electron chi connectivity index (χ4n) is 5.21. The number of nitrogens with zero attached hydrogens (tertiary/aromatic N) is 2. The Bertz CT molecular complexity index is 1200. The number of rotatable bonds is 6.